The van der Waals surface area contributed by atoms with E-state index in [2.05, 4.69) is 20.7 Å². The Bertz CT molecular complexity index is 913. The van der Waals surface area contributed by atoms with Crippen molar-refractivity contribution >= 4 is 37.5 Å². The Kier molecular flexibility index (Phi) is 6.22. The summed E-state index contributed by atoms with van der Waals surface area (Å²) in [4.78, 5) is 15.0. The predicted octanol–water partition coefficient (Wildman–Crippen LogP) is 4.58. The van der Waals surface area contributed by atoms with Crippen molar-refractivity contribution in [1.29, 1.82) is 0 Å². The molecule has 0 bridgehead atoms. The van der Waals surface area contributed by atoms with Gasteiger partial charge in [-0.15, -0.1) is 0 Å². The number of hydrogen-bond acceptors (Lipinski definition) is 3. The van der Waals surface area contributed by atoms with Crippen LogP contribution in [0.4, 0.5) is 5.69 Å². The highest BCUT2D eigenvalue weighted by Crippen LogP contribution is 2.34. The van der Waals surface area contributed by atoms with Crippen molar-refractivity contribution in [2.24, 2.45) is 0 Å². The fourth-order valence-electron chi connectivity index (χ4n) is 3.42. The van der Waals surface area contributed by atoms with Gasteiger partial charge in [0.1, 0.15) is 0 Å². The number of anilines is 1. The molecule has 1 aliphatic heterocycles. The molecule has 1 amide bonds. The third-order valence-electron chi connectivity index (χ3n) is 4.62. The van der Waals surface area contributed by atoms with Gasteiger partial charge in [-0.25, -0.2) is 8.42 Å². The van der Waals surface area contributed by atoms with Crippen LogP contribution < -0.4 is 4.72 Å². The van der Waals surface area contributed by atoms with Gasteiger partial charge in [0, 0.05) is 22.3 Å². The molecule has 7 heteroatoms. The minimum Gasteiger partial charge on any atom is -0.332 e. The van der Waals surface area contributed by atoms with Crippen molar-refractivity contribution in [3.05, 3.63) is 64.1 Å². The number of hydrogen-bond donors (Lipinski definition) is 1. The van der Waals surface area contributed by atoms with Gasteiger partial charge in [-0.1, -0.05) is 41.1 Å². The SMILES string of the molecule is CCCS(=O)(=O)Nc1cccc(C(=O)N2CCCC2c2ccc(Br)cc2)c1. The minimum absolute atomic E-state index is 0.0473. The van der Waals surface area contributed by atoms with Crippen LogP contribution >= 0.6 is 15.9 Å². The van der Waals surface area contributed by atoms with E-state index in [-0.39, 0.29) is 17.7 Å². The Labute approximate surface area is 169 Å². The Hall–Kier alpha value is -1.86. The van der Waals surface area contributed by atoms with E-state index < -0.39 is 10.0 Å². The van der Waals surface area contributed by atoms with E-state index in [0.29, 0.717) is 24.2 Å². The highest BCUT2D eigenvalue weighted by Gasteiger charge is 2.30. The van der Waals surface area contributed by atoms with Crippen molar-refractivity contribution in [2.45, 2.75) is 32.2 Å². The number of carbonyl (C=O) groups is 1. The molecule has 1 fully saturated rings. The smallest absolute Gasteiger partial charge is 0.254 e. The maximum atomic E-state index is 13.1. The minimum atomic E-state index is -3.38. The van der Waals surface area contributed by atoms with Crippen molar-refractivity contribution < 1.29 is 13.2 Å². The average Bonchev–Trinajstić information content (AvgIpc) is 3.11. The van der Waals surface area contributed by atoms with E-state index in [4.69, 9.17) is 0 Å². The number of rotatable bonds is 6. The summed E-state index contributed by atoms with van der Waals surface area (Å²) in [6.07, 6.45) is 2.42. The van der Waals surface area contributed by atoms with Crippen LogP contribution in [0, 0.1) is 0 Å². The number of carbonyl (C=O) groups excluding carboxylic acids is 1. The topological polar surface area (TPSA) is 66.5 Å². The number of sulfonamides is 1. The maximum Gasteiger partial charge on any atom is 0.254 e. The Morgan fingerprint density at radius 2 is 1.96 bits per heavy atom. The third kappa shape index (κ3) is 4.90. The zero-order valence-electron chi connectivity index (χ0n) is 15.2. The van der Waals surface area contributed by atoms with Crippen LogP contribution in [0.1, 0.15) is 48.1 Å². The first-order valence-electron chi connectivity index (χ1n) is 9.06. The van der Waals surface area contributed by atoms with Crippen molar-refractivity contribution in [3.63, 3.8) is 0 Å². The van der Waals surface area contributed by atoms with Crippen LogP contribution in [-0.4, -0.2) is 31.5 Å². The molecule has 0 aromatic heterocycles. The summed E-state index contributed by atoms with van der Waals surface area (Å²) in [6, 6.07) is 14.8. The van der Waals surface area contributed by atoms with Gasteiger partial charge in [-0.3, -0.25) is 9.52 Å². The van der Waals surface area contributed by atoms with Crippen LogP contribution in [-0.2, 0) is 10.0 Å². The number of nitrogens with zero attached hydrogens (tertiary/aromatic N) is 1. The summed E-state index contributed by atoms with van der Waals surface area (Å²) in [5.74, 6) is -0.0138. The summed E-state index contributed by atoms with van der Waals surface area (Å²) in [5, 5.41) is 0. The molecule has 144 valence electrons. The molecule has 0 spiro atoms. The standard InChI is InChI=1S/C20H23BrN2O3S/c1-2-13-27(25,26)22-18-6-3-5-16(14-18)20(24)23-12-4-7-19(23)15-8-10-17(21)11-9-15/h3,5-6,8-11,14,19,22H,2,4,7,12-13H2,1H3. The lowest BCUT2D eigenvalue weighted by atomic mass is 10.0. The van der Waals surface area contributed by atoms with Gasteiger partial charge in [0.15, 0.2) is 0 Å². The van der Waals surface area contributed by atoms with Crippen LogP contribution in [0.15, 0.2) is 53.0 Å². The van der Waals surface area contributed by atoms with Gasteiger partial charge in [0.2, 0.25) is 10.0 Å². The lowest BCUT2D eigenvalue weighted by molar-refractivity contribution is 0.0735. The van der Waals surface area contributed by atoms with Crippen LogP contribution in [0.2, 0.25) is 0 Å². The van der Waals surface area contributed by atoms with E-state index in [0.717, 1.165) is 22.9 Å². The summed E-state index contributed by atoms with van der Waals surface area (Å²) in [5.41, 5.74) is 2.04. The van der Waals surface area contributed by atoms with Gasteiger partial charge >= 0.3 is 0 Å². The fourth-order valence-corrected chi connectivity index (χ4v) is 4.81. The summed E-state index contributed by atoms with van der Waals surface area (Å²) >= 11 is 3.44. The molecular formula is C20H23BrN2O3S. The van der Waals surface area contributed by atoms with Crippen molar-refractivity contribution in [3.8, 4) is 0 Å². The van der Waals surface area contributed by atoms with E-state index in [9.17, 15) is 13.2 Å². The van der Waals surface area contributed by atoms with Crippen LogP contribution in [0.25, 0.3) is 0 Å². The molecule has 1 saturated heterocycles. The molecule has 2 aromatic rings. The van der Waals surface area contributed by atoms with Crippen LogP contribution in [0.3, 0.4) is 0 Å². The largest absolute Gasteiger partial charge is 0.332 e. The summed E-state index contributed by atoms with van der Waals surface area (Å²) < 4.78 is 27.5. The van der Waals surface area contributed by atoms with Gasteiger partial charge in [-0.2, -0.15) is 0 Å². The Morgan fingerprint density at radius 3 is 2.67 bits per heavy atom. The molecule has 1 N–H and O–H groups in total. The number of amides is 1. The quantitative estimate of drug-likeness (QED) is 0.700. The first-order valence-corrected chi connectivity index (χ1v) is 11.5. The molecular weight excluding hydrogens is 428 g/mol. The second-order valence-electron chi connectivity index (χ2n) is 6.71. The van der Waals surface area contributed by atoms with E-state index >= 15 is 0 Å². The Morgan fingerprint density at radius 1 is 1.22 bits per heavy atom. The second kappa shape index (κ2) is 8.44. The van der Waals surface area contributed by atoms with Gasteiger partial charge in [0.05, 0.1) is 11.8 Å². The van der Waals surface area contributed by atoms with Gasteiger partial charge < -0.3 is 4.90 Å². The molecule has 1 aliphatic rings. The zero-order valence-corrected chi connectivity index (χ0v) is 17.6. The summed E-state index contributed by atoms with van der Waals surface area (Å²) in [6.45, 7) is 2.51. The average molecular weight is 451 g/mol. The molecule has 27 heavy (non-hydrogen) atoms. The first kappa shape index (κ1) is 19.9. The molecule has 2 aromatic carbocycles. The first-order chi connectivity index (χ1) is 12.9. The lowest BCUT2D eigenvalue weighted by Gasteiger charge is -2.25. The molecule has 0 saturated carbocycles. The monoisotopic (exact) mass is 450 g/mol. The van der Waals surface area contributed by atoms with E-state index in [1.807, 2.05) is 36.1 Å². The van der Waals surface area contributed by atoms with Crippen molar-refractivity contribution in [1.82, 2.24) is 4.90 Å². The van der Waals surface area contributed by atoms with Crippen LogP contribution in [0.5, 0.6) is 0 Å². The van der Waals surface area contributed by atoms with Gasteiger partial charge in [0.25, 0.3) is 5.91 Å². The zero-order chi connectivity index (χ0) is 19.4. The third-order valence-corrected chi connectivity index (χ3v) is 6.65. The molecule has 5 nitrogen and oxygen atoms in total. The highest BCUT2D eigenvalue weighted by molar-refractivity contribution is 9.10. The lowest BCUT2D eigenvalue weighted by Crippen LogP contribution is -2.30. The normalized spacial score (nSPS) is 17.1. The summed E-state index contributed by atoms with van der Waals surface area (Å²) in [7, 11) is -3.38. The second-order valence-corrected chi connectivity index (χ2v) is 9.47. The molecule has 0 aliphatic carbocycles. The number of benzene rings is 2. The van der Waals surface area contributed by atoms with E-state index in [1.54, 1.807) is 24.3 Å². The molecule has 0 radical (unpaired) electrons. The predicted molar refractivity (Wildman–Crippen MR) is 111 cm³/mol. The number of likely N-dealkylation sites (tertiary alicyclic amines) is 1. The van der Waals surface area contributed by atoms with E-state index in [1.165, 1.54) is 0 Å². The molecule has 1 heterocycles. The molecule has 3 rings (SSSR count). The maximum absolute atomic E-state index is 13.1. The molecule has 1 atom stereocenters. The van der Waals surface area contributed by atoms with Gasteiger partial charge in [-0.05, 0) is 55.2 Å². The Balaban J connectivity index is 1.80. The fraction of sp³-hybridized carbons (Fsp3) is 0.350. The highest BCUT2D eigenvalue weighted by atomic mass is 79.9. The number of halogens is 1. The molecule has 1 unspecified atom stereocenters. The van der Waals surface area contributed by atoms with Crippen molar-refractivity contribution in [2.75, 3.05) is 17.0 Å². The number of nitrogens with one attached hydrogen (secondary N) is 1.